The van der Waals surface area contributed by atoms with E-state index in [-0.39, 0.29) is 29.6 Å². The summed E-state index contributed by atoms with van der Waals surface area (Å²) in [5, 5.41) is 5.99. The number of benzene rings is 1. The smallest absolute Gasteiger partial charge is 0.263 e. The van der Waals surface area contributed by atoms with Crippen molar-refractivity contribution in [1.82, 2.24) is 19.2 Å². The number of rotatable bonds is 7. The molecule has 1 atom stereocenters. The summed E-state index contributed by atoms with van der Waals surface area (Å²) in [5.41, 5.74) is 0.702. The molecule has 2 aliphatic carbocycles. The number of nitrogens with one attached hydrogen (secondary N) is 2. The van der Waals surface area contributed by atoms with Gasteiger partial charge < -0.3 is 15.2 Å². The maximum atomic E-state index is 13.6. The Kier molecular flexibility index (Phi) is 6.15. The second-order valence-corrected chi connectivity index (χ2v) is 11.9. The van der Waals surface area contributed by atoms with E-state index in [1.54, 1.807) is 43.3 Å². The quantitative estimate of drug-likeness (QED) is 0.496. The van der Waals surface area contributed by atoms with E-state index >= 15 is 0 Å². The standard InChI is InChI=1S/C27H28N4O5S/c1-27(12-4-3-5-13-27)37(35,36)31-14-11-21-18(7-6-8-23(21)31)16-30-17-19(24(32)29-20-9-10-20)15-22(26(30)34)25(33)28-2/h3-8,11-12,14-15,17,20H,9-10,13,16H2,1-2H3,(H,28,33)(H,29,32). The summed E-state index contributed by atoms with van der Waals surface area (Å²) in [6.45, 7) is 1.74. The van der Waals surface area contributed by atoms with Crippen molar-refractivity contribution in [2.24, 2.45) is 0 Å². The molecule has 2 aromatic heterocycles. The third-order valence-corrected chi connectivity index (χ3v) is 9.25. The lowest BCUT2D eigenvalue weighted by Crippen LogP contribution is -2.37. The molecule has 2 N–H and O–H groups in total. The molecule has 1 aromatic carbocycles. The molecule has 1 saturated carbocycles. The van der Waals surface area contributed by atoms with Gasteiger partial charge in [-0.15, -0.1) is 0 Å². The van der Waals surface area contributed by atoms with Crippen molar-refractivity contribution in [2.75, 3.05) is 7.05 Å². The number of carbonyl (C=O) groups is 2. The molecule has 0 bridgehead atoms. The molecular formula is C27H28N4O5S. The van der Waals surface area contributed by atoms with E-state index in [1.807, 2.05) is 12.2 Å². The van der Waals surface area contributed by atoms with Gasteiger partial charge in [-0.2, -0.15) is 0 Å². The van der Waals surface area contributed by atoms with Crippen LogP contribution in [0.5, 0.6) is 0 Å². The number of fused-ring (bicyclic) bond motifs is 1. The van der Waals surface area contributed by atoms with Gasteiger partial charge in [0.2, 0.25) is 10.0 Å². The van der Waals surface area contributed by atoms with E-state index in [0.717, 1.165) is 12.8 Å². The van der Waals surface area contributed by atoms with E-state index in [9.17, 15) is 22.8 Å². The molecule has 10 heteroatoms. The predicted molar refractivity (Wildman–Crippen MR) is 141 cm³/mol. The molecule has 1 unspecified atom stereocenters. The average molecular weight is 521 g/mol. The molecule has 0 saturated heterocycles. The molecule has 0 spiro atoms. The van der Waals surface area contributed by atoms with Crippen LogP contribution in [-0.4, -0.2) is 46.6 Å². The summed E-state index contributed by atoms with van der Waals surface area (Å²) >= 11 is 0. The Hall–Kier alpha value is -3.92. The fraction of sp³-hybridized carbons (Fsp3) is 0.296. The lowest BCUT2D eigenvalue weighted by atomic mass is 10.0. The molecule has 9 nitrogen and oxygen atoms in total. The first kappa shape index (κ1) is 24.8. The molecule has 0 aliphatic heterocycles. The first-order chi connectivity index (χ1) is 17.6. The van der Waals surface area contributed by atoms with Crippen molar-refractivity contribution in [3.8, 4) is 0 Å². The van der Waals surface area contributed by atoms with E-state index in [4.69, 9.17) is 0 Å². The highest BCUT2D eigenvalue weighted by atomic mass is 32.2. The molecule has 192 valence electrons. The Morgan fingerprint density at radius 3 is 2.59 bits per heavy atom. The van der Waals surface area contributed by atoms with Gasteiger partial charge >= 0.3 is 0 Å². The van der Waals surface area contributed by atoms with Crippen LogP contribution in [0.3, 0.4) is 0 Å². The zero-order valence-electron chi connectivity index (χ0n) is 20.6. The number of hydrogen-bond acceptors (Lipinski definition) is 5. The third-order valence-electron chi connectivity index (χ3n) is 6.93. The average Bonchev–Trinajstić information content (AvgIpc) is 3.58. The van der Waals surface area contributed by atoms with Gasteiger partial charge in [0, 0.05) is 30.9 Å². The Labute approximate surface area is 214 Å². The van der Waals surface area contributed by atoms with Crippen LogP contribution in [0.2, 0.25) is 0 Å². The maximum Gasteiger partial charge on any atom is 0.263 e. The van der Waals surface area contributed by atoms with Gasteiger partial charge in [0.25, 0.3) is 17.4 Å². The van der Waals surface area contributed by atoms with Crippen molar-refractivity contribution in [3.63, 3.8) is 0 Å². The molecule has 1 fully saturated rings. The van der Waals surface area contributed by atoms with Crippen LogP contribution in [0.1, 0.15) is 52.5 Å². The lowest BCUT2D eigenvalue weighted by Gasteiger charge is -2.27. The van der Waals surface area contributed by atoms with E-state index in [2.05, 4.69) is 10.6 Å². The van der Waals surface area contributed by atoms with Crippen LogP contribution in [0.25, 0.3) is 10.9 Å². The number of carbonyl (C=O) groups excluding carboxylic acids is 2. The topological polar surface area (TPSA) is 119 Å². The second-order valence-electron chi connectivity index (χ2n) is 9.67. The lowest BCUT2D eigenvalue weighted by molar-refractivity contribution is 0.0950. The Morgan fingerprint density at radius 1 is 1.14 bits per heavy atom. The predicted octanol–water partition coefficient (Wildman–Crippen LogP) is 2.56. The SMILES string of the molecule is CNC(=O)c1cc(C(=O)NC2CC2)cn(Cc2cccc3c2ccn3S(=O)(=O)C2(C)C=CC=CC2)c1=O. The Balaban J connectivity index is 1.57. The third kappa shape index (κ3) is 4.42. The minimum atomic E-state index is -3.78. The molecule has 2 aliphatic rings. The number of allylic oxidation sites excluding steroid dienone is 3. The molecular weight excluding hydrogens is 492 g/mol. The molecule has 5 rings (SSSR count). The normalized spacial score (nSPS) is 19.2. The van der Waals surface area contributed by atoms with Crippen molar-refractivity contribution in [1.29, 1.82) is 0 Å². The Bertz CT molecular complexity index is 1640. The van der Waals surface area contributed by atoms with Crippen LogP contribution in [0, 0.1) is 0 Å². The largest absolute Gasteiger partial charge is 0.355 e. The van der Waals surface area contributed by atoms with Crippen LogP contribution in [-0.2, 0) is 16.6 Å². The van der Waals surface area contributed by atoms with Gasteiger partial charge in [-0.1, -0.05) is 36.4 Å². The van der Waals surface area contributed by atoms with E-state index in [1.165, 1.54) is 34.0 Å². The van der Waals surface area contributed by atoms with Crippen molar-refractivity contribution in [3.05, 3.63) is 94.1 Å². The molecule has 3 aromatic rings. The van der Waals surface area contributed by atoms with Crippen LogP contribution < -0.4 is 16.2 Å². The van der Waals surface area contributed by atoms with Gasteiger partial charge in [-0.25, -0.2) is 12.4 Å². The zero-order chi connectivity index (χ0) is 26.4. The summed E-state index contributed by atoms with van der Waals surface area (Å²) in [4.78, 5) is 38.3. The maximum absolute atomic E-state index is 13.6. The van der Waals surface area contributed by atoms with Crippen molar-refractivity contribution >= 4 is 32.7 Å². The molecule has 37 heavy (non-hydrogen) atoms. The van der Waals surface area contributed by atoms with Crippen molar-refractivity contribution < 1.29 is 18.0 Å². The van der Waals surface area contributed by atoms with Crippen LogP contribution in [0.4, 0.5) is 0 Å². The molecule has 0 radical (unpaired) electrons. The van der Waals surface area contributed by atoms with Gasteiger partial charge in [0.1, 0.15) is 10.3 Å². The fourth-order valence-corrected chi connectivity index (χ4v) is 6.18. The number of hydrogen-bond donors (Lipinski definition) is 2. The highest BCUT2D eigenvalue weighted by molar-refractivity contribution is 7.91. The molecule has 2 amide bonds. The second kappa shape index (κ2) is 9.19. The first-order valence-electron chi connectivity index (χ1n) is 12.1. The number of pyridine rings is 1. The minimum Gasteiger partial charge on any atom is -0.355 e. The van der Waals surface area contributed by atoms with Crippen LogP contribution >= 0.6 is 0 Å². The summed E-state index contributed by atoms with van der Waals surface area (Å²) < 4.78 is 28.7. The fourth-order valence-electron chi connectivity index (χ4n) is 4.53. The minimum absolute atomic E-state index is 0.0503. The highest BCUT2D eigenvalue weighted by Gasteiger charge is 2.38. The summed E-state index contributed by atoms with van der Waals surface area (Å²) in [5.74, 6) is -0.933. The monoisotopic (exact) mass is 520 g/mol. The highest BCUT2D eigenvalue weighted by Crippen LogP contribution is 2.32. The Morgan fingerprint density at radius 2 is 1.92 bits per heavy atom. The van der Waals surface area contributed by atoms with E-state index < -0.39 is 26.2 Å². The summed E-state index contributed by atoms with van der Waals surface area (Å²) in [7, 11) is -2.36. The van der Waals surface area contributed by atoms with Gasteiger partial charge in [0.15, 0.2) is 0 Å². The van der Waals surface area contributed by atoms with E-state index in [0.29, 0.717) is 22.9 Å². The number of aromatic nitrogens is 2. The summed E-state index contributed by atoms with van der Waals surface area (Å²) in [6.07, 6.45) is 12.2. The van der Waals surface area contributed by atoms with Gasteiger partial charge in [-0.05, 0) is 49.9 Å². The van der Waals surface area contributed by atoms with Crippen LogP contribution in [0.15, 0.2) is 71.8 Å². The molecule has 2 heterocycles. The number of amides is 2. The van der Waals surface area contributed by atoms with Gasteiger partial charge in [0.05, 0.1) is 17.6 Å². The first-order valence-corrected chi connectivity index (χ1v) is 13.5. The number of nitrogens with zero attached hydrogens (tertiary/aromatic N) is 2. The van der Waals surface area contributed by atoms with Gasteiger partial charge in [-0.3, -0.25) is 14.4 Å². The summed E-state index contributed by atoms with van der Waals surface area (Å²) in [6, 6.07) is 8.39. The van der Waals surface area contributed by atoms with Crippen molar-refractivity contribution in [2.45, 2.75) is 43.5 Å². The zero-order valence-corrected chi connectivity index (χ0v) is 21.4.